The lowest BCUT2D eigenvalue weighted by Crippen LogP contribution is -2.26. The summed E-state index contributed by atoms with van der Waals surface area (Å²) in [6, 6.07) is 6.38. The summed E-state index contributed by atoms with van der Waals surface area (Å²) in [6.45, 7) is -0.486. The molecule has 8 heteroatoms. The Morgan fingerprint density at radius 2 is 2.05 bits per heavy atom. The zero-order valence-corrected chi connectivity index (χ0v) is 12.0. The van der Waals surface area contributed by atoms with E-state index in [0.29, 0.717) is 0 Å². The van der Waals surface area contributed by atoms with Crippen LogP contribution in [0.3, 0.4) is 0 Å². The van der Waals surface area contributed by atoms with E-state index in [-0.39, 0.29) is 10.0 Å². The van der Waals surface area contributed by atoms with Crippen LogP contribution in [0.4, 0.5) is 10.1 Å². The van der Waals surface area contributed by atoms with Crippen LogP contribution in [-0.2, 0) is 6.54 Å². The highest BCUT2D eigenvalue weighted by Crippen LogP contribution is 2.15. The first kappa shape index (κ1) is 15.0. The number of hydrogen-bond acceptors (Lipinski definition) is 4. The smallest absolute Gasteiger partial charge is 0.301 e. The van der Waals surface area contributed by atoms with Gasteiger partial charge in [-0.1, -0.05) is 12.1 Å². The van der Waals surface area contributed by atoms with E-state index in [0.717, 1.165) is 16.7 Å². The Bertz CT molecular complexity index is 788. The molecule has 21 heavy (non-hydrogen) atoms. The minimum Gasteiger partial charge on any atom is -0.301 e. The highest BCUT2D eigenvalue weighted by atomic mass is 79.9. The van der Waals surface area contributed by atoms with Crippen LogP contribution < -0.4 is 5.56 Å². The van der Waals surface area contributed by atoms with Crippen molar-refractivity contribution in [3.05, 3.63) is 72.9 Å². The fourth-order valence-corrected chi connectivity index (χ4v) is 2.22. The molecule has 1 aromatic heterocycles. The molecule has 0 saturated heterocycles. The van der Waals surface area contributed by atoms with E-state index in [1.54, 1.807) is 0 Å². The molecule has 0 aliphatic rings. The van der Waals surface area contributed by atoms with Gasteiger partial charge in [-0.2, -0.15) is 0 Å². The molecule has 0 aliphatic heterocycles. The molecule has 0 amide bonds. The van der Waals surface area contributed by atoms with Gasteiger partial charge in [0.15, 0.2) is 5.78 Å². The second-order valence-corrected chi connectivity index (χ2v) is 5.05. The van der Waals surface area contributed by atoms with Gasteiger partial charge in [-0.05, 0) is 28.1 Å². The summed E-state index contributed by atoms with van der Waals surface area (Å²) >= 11 is 3.03. The Morgan fingerprint density at radius 1 is 1.38 bits per heavy atom. The molecule has 0 spiro atoms. The summed E-state index contributed by atoms with van der Waals surface area (Å²) in [5.74, 6) is -1.36. The Labute approximate surface area is 126 Å². The van der Waals surface area contributed by atoms with Crippen molar-refractivity contribution in [1.29, 1.82) is 0 Å². The lowest BCUT2D eigenvalue weighted by Gasteiger charge is -2.06. The monoisotopic (exact) mass is 354 g/mol. The molecule has 2 aromatic rings. The normalized spacial score (nSPS) is 10.4. The number of aromatic nitrogens is 1. The molecule has 0 radical (unpaired) electrons. The van der Waals surface area contributed by atoms with Crippen molar-refractivity contribution in [2.24, 2.45) is 0 Å². The first-order chi connectivity index (χ1) is 9.90. The minimum atomic E-state index is -0.923. The van der Waals surface area contributed by atoms with Crippen LogP contribution >= 0.6 is 15.9 Å². The molecule has 1 heterocycles. The quantitative estimate of drug-likeness (QED) is 0.479. The van der Waals surface area contributed by atoms with Crippen molar-refractivity contribution in [3.8, 4) is 0 Å². The SMILES string of the molecule is O=C(Cn1cc(Br)cc([N+](=O)[O-])c1=O)c1ccccc1F. The molecule has 1 aromatic carbocycles. The Balaban J connectivity index is 2.41. The lowest BCUT2D eigenvalue weighted by molar-refractivity contribution is -0.386. The van der Waals surface area contributed by atoms with Crippen LogP contribution in [0.2, 0.25) is 0 Å². The molecular formula is C13H8BrFN2O4. The molecule has 0 N–H and O–H groups in total. The number of carbonyl (C=O) groups is 1. The van der Waals surface area contributed by atoms with Gasteiger partial charge in [0.1, 0.15) is 5.82 Å². The van der Waals surface area contributed by atoms with Crippen molar-refractivity contribution in [2.45, 2.75) is 6.54 Å². The number of rotatable bonds is 4. The molecule has 0 unspecified atom stereocenters. The minimum absolute atomic E-state index is 0.174. The zero-order valence-electron chi connectivity index (χ0n) is 10.5. The number of nitro groups is 1. The number of nitrogens with zero attached hydrogens (tertiary/aromatic N) is 2. The Morgan fingerprint density at radius 3 is 2.67 bits per heavy atom. The molecule has 108 valence electrons. The standard InChI is InChI=1S/C13H8BrFN2O4/c14-8-5-11(17(20)21)13(19)16(6-8)7-12(18)9-3-1-2-4-10(9)15/h1-6H,7H2. The summed E-state index contributed by atoms with van der Waals surface area (Å²) in [7, 11) is 0. The number of pyridine rings is 1. The highest BCUT2D eigenvalue weighted by Gasteiger charge is 2.19. The molecule has 0 atom stereocenters. The van der Waals surface area contributed by atoms with Crippen molar-refractivity contribution in [3.63, 3.8) is 0 Å². The molecule has 0 fully saturated rings. The van der Waals surface area contributed by atoms with Crippen molar-refractivity contribution in [2.75, 3.05) is 0 Å². The number of hydrogen-bond donors (Lipinski definition) is 0. The van der Waals surface area contributed by atoms with Gasteiger partial charge in [0.25, 0.3) is 0 Å². The van der Waals surface area contributed by atoms with E-state index >= 15 is 0 Å². The van der Waals surface area contributed by atoms with Gasteiger partial charge in [-0.3, -0.25) is 19.7 Å². The van der Waals surface area contributed by atoms with Gasteiger partial charge < -0.3 is 4.57 Å². The maximum absolute atomic E-state index is 13.5. The van der Waals surface area contributed by atoms with Crippen LogP contribution in [0.15, 0.2) is 45.8 Å². The fraction of sp³-hybridized carbons (Fsp3) is 0.0769. The highest BCUT2D eigenvalue weighted by molar-refractivity contribution is 9.10. The average molecular weight is 355 g/mol. The van der Waals surface area contributed by atoms with E-state index in [4.69, 9.17) is 0 Å². The summed E-state index contributed by atoms with van der Waals surface area (Å²) in [5.41, 5.74) is -1.76. The Kier molecular flexibility index (Phi) is 4.27. The summed E-state index contributed by atoms with van der Waals surface area (Å²) in [5, 5.41) is 10.8. The number of ketones is 1. The predicted molar refractivity (Wildman–Crippen MR) is 75.8 cm³/mol. The van der Waals surface area contributed by atoms with Crippen molar-refractivity contribution < 1.29 is 14.1 Å². The van der Waals surface area contributed by atoms with Crippen LogP contribution in [-0.4, -0.2) is 15.3 Å². The third-order valence-corrected chi connectivity index (χ3v) is 3.15. The number of halogens is 2. The van der Waals surface area contributed by atoms with Crippen LogP contribution in [0.1, 0.15) is 10.4 Å². The first-order valence-electron chi connectivity index (χ1n) is 5.72. The molecule has 0 aliphatic carbocycles. The maximum atomic E-state index is 13.5. The van der Waals surface area contributed by atoms with Gasteiger partial charge in [0, 0.05) is 16.7 Å². The zero-order chi connectivity index (χ0) is 15.6. The van der Waals surface area contributed by atoms with Crippen LogP contribution in [0.5, 0.6) is 0 Å². The van der Waals surface area contributed by atoms with E-state index in [1.807, 2.05) is 0 Å². The largest absolute Gasteiger partial charge is 0.335 e. The van der Waals surface area contributed by atoms with Crippen LogP contribution in [0.25, 0.3) is 0 Å². The number of Topliss-reactive ketones (excluding diaryl/α,β-unsaturated/α-hetero) is 1. The molecule has 0 bridgehead atoms. The van der Waals surface area contributed by atoms with Gasteiger partial charge in [-0.25, -0.2) is 4.39 Å². The van der Waals surface area contributed by atoms with E-state index in [2.05, 4.69) is 15.9 Å². The molecular weight excluding hydrogens is 347 g/mol. The van der Waals surface area contributed by atoms with Crippen molar-refractivity contribution in [1.82, 2.24) is 4.57 Å². The van der Waals surface area contributed by atoms with Gasteiger partial charge in [-0.15, -0.1) is 0 Å². The van der Waals surface area contributed by atoms with E-state index < -0.39 is 34.3 Å². The lowest BCUT2D eigenvalue weighted by atomic mass is 10.1. The van der Waals surface area contributed by atoms with Gasteiger partial charge in [0.05, 0.1) is 17.0 Å². The molecule has 6 nitrogen and oxygen atoms in total. The summed E-state index contributed by atoms with van der Waals surface area (Å²) in [6.07, 6.45) is 1.24. The molecule has 0 saturated carbocycles. The summed E-state index contributed by atoms with van der Waals surface area (Å²) in [4.78, 5) is 33.8. The van der Waals surface area contributed by atoms with E-state index in [1.165, 1.54) is 24.4 Å². The average Bonchev–Trinajstić information content (AvgIpc) is 2.42. The maximum Gasteiger partial charge on any atom is 0.335 e. The van der Waals surface area contributed by atoms with Crippen molar-refractivity contribution >= 4 is 27.4 Å². The molecule has 2 rings (SSSR count). The second-order valence-electron chi connectivity index (χ2n) is 4.14. The van der Waals surface area contributed by atoms with Gasteiger partial charge in [0.2, 0.25) is 0 Å². The fourth-order valence-electron chi connectivity index (χ4n) is 1.76. The predicted octanol–water partition coefficient (Wildman–Crippen LogP) is 2.54. The van der Waals surface area contributed by atoms with Crippen LogP contribution in [0, 0.1) is 15.9 Å². The number of benzene rings is 1. The second kappa shape index (κ2) is 5.96. The number of carbonyl (C=O) groups excluding carboxylic acids is 1. The summed E-state index contributed by atoms with van der Waals surface area (Å²) < 4.78 is 14.6. The van der Waals surface area contributed by atoms with E-state index in [9.17, 15) is 24.1 Å². The Hall–Kier alpha value is -2.35. The third kappa shape index (κ3) is 3.22. The van der Waals surface area contributed by atoms with Gasteiger partial charge >= 0.3 is 11.2 Å². The first-order valence-corrected chi connectivity index (χ1v) is 6.51. The third-order valence-electron chi connectivity index (χ3n) is 2.72. The topological polar surface area (TPSA) is 82.2 Å².